The smallest absolute Gasteiger partial charge is 0.0594 e. The fourth-order valence-electron chi connectivity index (χ4n) is 1.71. The van der Waals surface area contributed by atoms with Gasteiger partial charge in [-0.25, -0.2) is 0 Å². The molecule has 4 heteroatoms. The Morgan fingerprint density at radius 2 is 2.00 bits per heavy atom. The maximum atomic E-state index is 5.93. The number of aryl methyl sites for hydroxylation is 1. The molecule has 1 fully saturated rings. The number of aromatic nitrogens is 1. The number of nitrogens with zero attached hydrogens (tertiary/aromatic N) is 2. The summed E-state index contributed by atoms with van der Waals surface area (Å²) < 4.78 is 5.31. The van der Waals surface area contributed by atoms with Crippen LogP contribution in [-0.4, -0.2) is 36.2 Å². The van der Waals surface area contributed by atoms with E-state index in [-0.39, 0.29) is 0 Å². The lowest BCUT2D eigenvalue weighted by Crippen LogP contribution is -2.35. The monoisotopic (exact) mass is 256 g/mol. The highest BCUT2D eigenvalue weighted by atomic mass is 35.5. The van der Waals surface area contributed by atoms with Crippen LogP contribution in [0.25, 0.3) is 0 Å². The SMILES string of the molecule is CC.Cc1ncc(Cl)cc1CN1CCOCC1. The molecule has 2 heterocycles. The van der Waals surface area contributed by atoms with E-state index in [0.29, 0.717) is 5.02 Å². The van der Waals surface area contributed by atoms with E-state index in [1.54, 1.807) is 6.20 Å². The van der Waals surface area contributed by atoms with Gasteiger partial charge in [-0.05, 0) is 18.6 Å². The predicted octanol–water partition coefficient (Wildman–Crippen LogP) is 2.90. The molecule has 1 aliphatic rings. The van der Waals surface area contributed by atoms with Crippen molar-refractivity contribution in [3.8, 4) is 0 Å². The molecule has 0 amide bonds. The second-order valence-corrected chi connectivity index (χ2v) is 4.22. The second-order valence-electron chi connectivity index (χ2n) is 3.79. The number of hydrogen-bond donors (Lipinski definition) is 0. The molecule has 0 aliphatic carbocycles. The highest BCUT2D eigenvalue weighted by Crippen LogP contribution is 2.15. The van der Waals surface area contributed by atoms with Gasteiger partial charge in [0, 0.05) is 31.5 Å². The van der Waals surface area contributed by atoms with Crippen molar-refractivity contribution < 1.29 is 4.74 Å². The summed E-state index contributed by atoms with van der Waals surface area (Å²) in [5.41, 5.74) is 2.27. The van der Waals surface area contributed by atoms with Crippen LogP contribution in [0.2, 0.25) is 5.02 Å². The number of rotatable bonds is 2. The zero-order valence-electron chi connectivity index (χ0n) is 10.9. The Hall–Kier alpha value is -0.640. The van der Waals surface area contributed by atoms with Crippen molar-refractivity contribution in [1.29, 1.82) is 0 Å². The summed E-state index contributed by atoms with van der Waals surface area (Å²) in [5.74, 6) is 0. The van der Waals surface area contributed by atoms with Gasteiger partial charge >= 0.3 is 0 Å². The van der Waals surface area contributed by atoms with Gasteiger partial charge in [-0.1, -0.05) is 25.4 Å². The van der Waals surface area contributed by atoms with Crippen LogP contribution in [0.4, 0.5) is 0 Å². The molecular weight excluding hydrogens is 236 g/mol. The van der Waals surface area contributed by atoms with Gasteiger partial charge in [0.05, 0.1) is 18.2 Å². The third-order valence-corrected chi connectivity index (χ3v) is 2.86. The first kappa shape index (κ1) is 14.4. The van der Waals surface area contributed by atoms with Crippen molar-refractivity contribution in [2.75, 3.05) is 26.3 Å². The summed E-state index contributed by atoms with van der Waals surface area (Å²) in [7, 11) is 0. The summed E-state index contributed by atoms with van der Waals surface area (Å²) in [6.07, 6.45) is 1.69. The van der Waals surface area contributed by atoms with E-state index >= 15 is 0 Å². The molecule has 0 saturated carbocycles. The topological polar surface area (TPSA) is 25.4 Å². The molecule has 0 bridgehead atoms. The summed E-state index contributed by atoms with van der Waals surface area (Å²) in [6, 6.07) is 2.00. The lowest BCUT2D eigenvalue weighted by molar-refractivity contribution is 0.0340. The van der Waals surface area contributed by atoms with Gasteiger partial charge in [0.15, 0.2) is 0 Å². The molecule has 0 N–H and O–H groups in total. The largest absolute Gasteiger partial charge is 0.379 e. The van der Waals surface area contributed by atoms with E-state index in [9.17, 15) is 0 Å². The van der Waals surface area contributed by atoms with E-state index in [1.807, 2.05) is 26.8 Å². The van der Waals surface area contributed by atoms with Crippen LogP contribution in [0.1, 0.15) is 25.1 Å². The second kappa shape index (κ2) is 7.64. The van der Waals surface area contributed by atoms with E-state index in [0.717, 1.165) is 38.5 Å². The van der Waals surface area contributed by atoms with Gasteiger partial charge in [0.2, 0.25) is 0 Å². The quantitative estimate of drug-likeness (QED) is 0.814. The predicted molar refractivity (Wildman–Crippen MR) is 71.4 cm³/mol. The van der Waals surface area contributed by atoms with Crippen molar-refractivity contribution in [2.45, 2.75) is 27.3 Å². The first-order valence-electron chi connectivity index (χ1n) is 6.17. The number of hydrogen-bond acceptors (Lipinski definition) is 3. The van der Waals surface area contributed by atoms with E-state index in [4.69, 9.17) is 16.3 Å². The Morgan fingerprint density at radius 1 is 1.35 bits per heavy atom. The van der Waals surface area contributed by atoms with Crippen LogP contribution >= 0.6 is 11.6 Å². The minimum atomic E-state index is 0.712. The maximum Gasteiger partial charge on any atom is 0.0594 e. The van der Waals surface area contributed by atoms with Crippen molar-refractivity contribution >= 4 is 11.6 Å². The van der Waals surface area contributed by atoms with Crippen molar-refractivity contribution in [1.82, 2.24) is 9.88 Å². The molecule has 0 radical (unpaired) electrons. The fourth-order valence-corrected chi connectivity index (χ4v) is 1.89. The maximum absolute atomic E-state index is 5.93. The lowest BCUT2D eigenvalue weighted by atomic mass is 10.2. The molecule has 1 aromatic rings. The Kier molecular flexibility index (Phi) is 6.48. The average molecular weight is 257 g/mol. The summed E-state index contributed by atoms with van der Waals surface area (Å²) in [4.78, 5) is 6.62. The van der Waals surface area contributed by atoms with Crippen molar-refractivity contribution in [3.63, 3.8) is 0 Å². The van der Waals surface area contributed by atoms with E-state index in [2.05, 4.69) is 9.88 Å². The third-order valence-electron chi connectivity index (χ3n) is 2.66. The lowest BCUT2D eigenvalue weighted by Gasteiger charge is -2.26. The molecule has 1 saturated heterocycles. The molecule has 0 unspecified atom stereocenters. The van der Waals surface area contributed by atoms with Gasteiger partial charge in [-0.3, -0.25) is 9.88 Å². The van der Waals surface area contributed by atoms with Crippen LogP contribution < -0.4 is 0 Å². The molecule has 1 aliphatic heterocycles. The molecule has 2 rings (SSSR count). The summed E-state index contributed by atoms with van der Waals surface area (Å²) in [5, 5.41) is 0.712. The third kappa shape index (κ3) is 4.62. The van der Waals surface area contributed by atoms with Crippen LogP contribution in [0, 0.1) is 6.92 Å². The van der Waals surface area contributed by atoms with Gasteiger partial charge < -0.3 is 4.74 Å². The van der Waals surface area contributed by atoms with Crippen molar-refractivity contribution in [3.05, 3.63) is 28.5 Å². The van der Waals surface area contributed by atoms with Gasteiger partial charge in [-0.15, -0.1) is 0 Å². The van der Waals surface area contributed by atoms with Gasteiger partial charge in [0.1, 0.15) is 0 Å². The molecular formula is C13H21ClN2O. The fraction of sp³-hybridized carbons (Fsp3) is 0.615. The Balaban J connectivity index is 0.000000686. The zero-order valence-corrected chi connectivity index (χ0v) is 11.6. The number of morpholine rings is 1. The zero-order chi connectivity index (χ0) is 12.7. The highest BCUT2D eigenvalue weighted by Gasteiger charge is 2.12. The number of ether oxygens (including phenoxy) is 1. The first-order chi connectivity index (χ1) is 8.25. The Bertz CT molecular complexity index is 338. The molecule has 0 atom stereocenters. The van der Waals surface area contributed by atoms with Crippen LogP contribution in [-0.2, 0) is 11.3 Å². The van der Waals surface area contributed by atoms with Gasteiger partial charge in [0.25, 0.3) is 0 Å². The van der Waals surface area contributed by atoms with Crippen molar-refractivity contribution in [2.24, 2.45) is 0 Å². The Morgan fingerprint density at radius 3 is 2.65 bits per heavy atom. The molecule has 96 valence electrons. The van der Waals surface area contributed by atoms with Gasteiger partial charge in [-0.2, -0.15) is 0 Å². The van der Waals surface area contributed by atoms with Crippen LogP contribution in [0.3, 0.4) is 0 Å². The molecule has 0 spiro atoms. The number of halogens is 1. The molecule has 17 heavy (non-hydrogen) atoms. The number of pyridine rings is 1. The average Bonchev–Trinajstić information content (AvgIpc) is 2.38. The summed E-state index contributed by atoms with van der Waals surface area (Å²) >= 11 is 5.93. The molecule has 1 aromatic heterocycles. The Labute approximate surface area is 109 Å². The van der Waals surface area contributed by atoms with Crippen LogP contribution in [0.15, 0.2) is 12.3 Å². The standard InChI is InChI=1S/C11H15ClN2O.C2H6/c1-9-10(6-11(12)7-13-9)8-14-2-4-15-5-3-14;1-2/h6-7H,2-5,8H2,1H3;1-2H3. The van der Waals surface area contributed by atoms with Crippen LogP contribution in [0.5, 0.6) is 0 Å². The van der Waals surface area contributed by atoms with E-state index in [1.165, 1.54) is 5.56 Å². The minimum Gasteiger partial charge on any atom is -0.379 e. The highest BCUT2D eigenvalue weighted by molar-refractivity contribution is 6.30. The first-order valence-corrected chi connectivity index (χ1v) is 6.54. The summed E-state index contributed by atoms with van der Waals surface area (Å²) in [6.45, 7) is 10.6. The normalized spacial score (nSPS) is 16.2. The molecule has 3 nitrogen and oxygen atoms in total. The molecule has 0 aromatic carbocycles. The minimum absolute atomic E-state index is 0.712. The van der Waals surface area contributed by atoms with E-state index < -0.39 is 0 Å².